The van der Waals surface area contributed by atoms with Crippen LogP contribution in [-0.4, -0.2) is 36.6 Å². The highest BCUT2D eigenvalue weighted by Crippen LogP contribution is 2.40. The molecular formula is C21H21ClN2O4. The second kappa shape index (κ2) is 8.80. The molecule has 0 fully saturated rings. The summed E-state index contributed by atoms with van der Waals surface area (Å²) in [5.74, 6) is 0.753. The van der Waals surface area contributed by atoms with E-state index in [1.165, 1.54) is 6.08 Å². The number of nitrogens with one attached hydrogen (secondary N) is 1. The van der Waals surface area contributed by atoms with Gasteiger partial charge in [-0.15, -0.1) is 0 Å². The predicted molar refractivity (Wildman–Crippen MR) is 109 cm³/mol. The van der Waals surface area contributed by atoms with Crippen LogP contribution in [-0.2, 0) is 4.79 Å². The minimum absolute atomic E-state index is 0.0255. The molecule has 2 amide bonds. The van der Waals surface area contributed by atoms with Gasteiger partial charge in [0.15, 0.2) is 11.5 Å². The van der Waals surface area contributed by atoms with Crippen LogP contribution in [0.2, 0.25) is 5.02 Å². The van der Waals surface area contributed by atoms with Crippen molar-refractivity contribution in [3.63, 3.8) is 0 Å². The van der Waals surface area contributed by atoms with E-state index in [-0.39, 0.29) is 18.6 Å². The average Bonchev–Trinajstić information content (AvgIpc) is 3.17. The fraction of sp³-hybridized carbons (Fsp3) is 0.238. The first-order valence-corrected chi connectivity index (χ1v) is 9.37. The Bertz CT molecular complexity index is 905. The van der Waals surface area contributed by atoms with Crippen LogP contribution in [0.1, 0.15) is 29.8 Å². The molecule has 1 N–H and O–H groups in total. The zero-order valence-electron chi connectivity index (χ0n) is 15.7. The fourth-order valence-corrected chi connectivity index (χ4v) is 3.10. The summed E-state index contributed by atoms with van der Waals surface area (Å²) < 4.78 is 10.6. The second-order valence-corrected chi connectivity index (χ2v) is 6.52. The summed E-state index contributed by atoms with van der Waals surface area (Å²) in [5, 5.41) is 3.20. The number of ether oxygens (including phenoxy) is 2. The van der Waals surface area contributed by atoms with Gasteiger partial charge in [0.1, 0.15) is 0 Å². The van der Waals surface area contributed by atoms with Crippen LogP contribution in [0.5, 0.6) is 11.5 Å². The molecule has 1 aliphatic rings. The number of fused-ring (bicyclic) bond motifs is 1. The van der Waals surface area contributed by atoms with Crippen molar-refractivity contribution in [2.75, 3.05) is 25.2 Å². The Hall–Kier alpha value is -2.99. The van der Waals surface area contributed by atoms with Gasteiger partial charge in [0.05, 0.1) is 5.02 Å². The van der Waals surface area contributed by atoms with E-state index in [2.05, 4.69) is 5.32 Å². The van der Waals surface area contributed by atoms with Crippen LogP contribution in [0.4, 0.5) is 5.69 Å². The molecule has 0 saturated carbocycles. The predicted octanol–water partition coefficient (Wildman–Crippen LogP) is 4.20. The molecule has 7 heteroatoms. The Morgan fingerprint density at radius 2 is 1.86 bits per heavy atom. The number of halogens is 1. The van der Waals surface area contributed by atoms with Crippen molar-refractivity contribution >= 4 is 35.2 Å². The van der Waals surface area contributed by atoms with Gasteiger partial charge in [-0.3, -0.25) is 9.59 Å². The largest absolute Gasteiger partial charge is 0.454 e. The first kappa shape index (κ1) is 19.8. The van der Waals surface area contributed by atoms with E-state index in [4.69, 9.17) is 21.1 Å². The smallest absolute Gasteiger partial charge is 0.253 e. The molecule has 0 spiro atoms. The number of nitrogens with zero attached hydrogens (tertiary/aromatic N) is 1. The molecule has 0 atom stereocenters. The second-order valence-electron chi connectivity index (χ2n) is 6.11. The number of benzene rings is 2. The van der Waals surface area contributed by atoms with Crippen LogP contribution in [0, 0.1) is 0 Å². The van der Waals surface area contributed by atoms with Crippen molar-refractivity contribution in [3.8, 4) is 11.5 Å². The summed E-state index contributed by atoms with van der Waals surface area (Å²) in [6.07, 6.45) is 3.05. The van der Waals surface area contributed by atoms with Crippen LogP contribution in [0.25, 0.3) is 6.08 Å². The average molecular weight is 401 g/mol. The number of amides is 2. The highest BCUT2D eigenvalue weighted by atomic mass is 35.5. The van der Waals surface area contributed by atoms with Gasteiger partial charge in [0.25, 0.3) is 5.91 Å². The molecule has 2 aromatic carbocycles. The molecule has 0 radical (unpaired) electrons. The van der Waals surface area contributed by atoms with Crippen molar-refractivity contribution in [1.29, 1.82) is 0 Å². The van der Waals surface area contributed by atoms with Crippen molar-refractivity contribution in [1.82, 2.24) is 4.90 Å². The molecule has 0 bridgehead atoms. The Balaban J connectivity index is 1.63. The van der Waals surface area contributed by atoms with Gasteiger partial charge in [-0.2, -0.15) is 0 Å². The van der Waals surface area contributed by atoms with Crippen molar-refractivity contribution in [2.45, 2.75) is 13.8 Å². The molecule has 6 nitrogen and oxygen atoms in total. The molecule has 146 valence electrons. The number of carbonyl (C=O) groups excluding carboxylic acids is 2. The van der Waals surface area contributed by atoms with E-state index in [1.54, 1.807) is 47.4 Å². The summed E-state index contributed by atoms with van der Waals surface area (Å²) in [4.78, 5) is 26.2. The van der Waals surface area contributed by atoms with E-state index in [0.29, 0.717) is 40.9 Å². The number of rotatable bonds is 6. The normalized spacial score (nSPS) is 12.2. The lowest BCUT2D eigenvalue weighted by atomic mass is 10.1. The SMILES string of the molecule is CCN(CC)C(=O)c1ccc(NC(=O)/C=C/c2cc(Cl)c3c(c2)OCO3)cc1. The lowest BCUT2D eigenvalue weighted by Crippen LogP contribution is -2.30. The highest BCUT2D eigenvalue weighted by molar-refractivity contribution is 6.32. The van der Waals surface area contributed by atoms with E-state index in [1.807, 2.05) is 13.8 Å². The maximum atomic E-state index is 12.3. The highest BCUT2D eigenvalue weighted by Gasteiger charge is 2.17. The first-order chi connectivity index (χ1) is 13.5. The molecule has 28 heavy (non-hydrogen) atoms. The topological polar surface area (TPSA) is 67.9 Å². The Labute approximate surface area is 168 Å². The Kier molecular flexibility index (Phi) is 6.21. The van der Waals surface area contributed by atoms with Gasteiger partial charge in [0.2, 0.25) is 12.7 Å². The monoisotopic (exact) mass is 400 g/mol. The standard InChI is InChI=1S/C21H21ClN2O4/c1-3-24(4-2)21(26)15-6-8-16(9-7-15)23-19(25)10-5-14-11-17(22)20-18(12-14)27-13-28-20/h5-12H,3-4,13H2,1-2H3,(H,23,25)/b10-5+. The molecule has 0 aliphatic carbocycles. The van der Waals surface area contributed by atoms with E-state index < -0.39 is 0 Å². The summed E-state index contributed by atoms with van der Waals surface area (Å²) >= 11 is 6.13. The summed E-state index contributed by atoms with van der Waals surface area (Å²) in [6, 6.07) is 10.3. The van der Waals surface area contributed by atoms with Crippen molar-refractivity contribution < 1.29 is 19.1 Å². The first-order valence-electron chi connectivity index (χ1n) is 8.99. The number of hydrogen-bond donors (Lipinski definition) is 1. The van der Waals surface area contributed by atoms with Gasteiger partial charge in [0, 0.05) is 30.4 Å². The quantitative estimate of drug-likeness (QED) is 0.738. The molecule has 0 aromatic heterocycles. The van der Waals surface area contributed by atoms with Crippen LogP contribution in [0.3, 0.4) is 0 Å². The zero-order valence-corrected chi connectivity index (χ0v) is 16.5. The Morgan fingerprint density at radius 1 is 1.14 bits per heavy atom. The number of hydrogen-bond acceptors (Lipinski definition) is 4. The molecule has 0 unspecified atom stereocenters. The molecule has 2 aromatic rings. The van der Waals surface area contributed by atoms with E-state index in [9.17, 15) is 9.59 Å². The van der Waals surface area contributed by atoms with Gasteiger partial charge < -0.3 is 19.7 Å². The maximum Gasteiger partial charge on any atom is 0.253 e. The number of carbonyl (C=O) groups is 2. The summed E-state index contributed by atoms with van der Waals surface area (Å²) in [5.41, 5.74) is 1.92. The maximum absolute atomic E-state index is 12.3. The molecule has 1 aliphatic heterocycles. The van der Waals surface area contributed by atoms with Gasteiger partial charge in [-0.25, -0.2) is 0 Å². The molecule has 1 heterocycles. The van der Waals surface area contributed by atoms with Gasteiger partial charge in [-0.05, 0) is 61.9 Å². The van der Waals surface area contributed by atoms with Crippen molar-refractivity contribution in [3.05, 3.63) is 58.6 Å². The molecular weight excluding hydrogens is 380 g/mol. The van der Waals surface area contributed by atoms with E-state index >= 15 is 0 Å². The van der Waals surface area contributed by atoms with Crippen LogP contribution in [0.15, 0.2) is 42.5 Å². The minimum Gasteiger partial charge on any atom is -0.454 e. The van der Waals surface area contributed by atoms with Gasteiger partial charge >= 0.3 is 0 Å². The Morgan fingerprint density at radius 3 is 2.54 bits per heavy atom. The van der Waals surface area contributed by atoms with Crippen LogP contribution >= 0.6 is 11.6 Å². The van der Waals surface area contributed by atoms with Crippen LogP contribution < -0.4 is 14.8 Å². The fourth-order valence-electron chi connectivity index (χ4n) is 2.83. The third kappa shape index (κ3) is 4.46. The summed E-state index contributed by atoms with van der Waals surface area (Å²) in [6.45, 7) is 5.33. The number of anilines is 1. The van der Waals surface area contributed by atoms with E-state index in [0.717, 1.165) is 5.56 Å². The lowest BCUT2D eigenvalue weighted by molar-refractivity contribution is -0.111. The minimum atomic E-state index is -0.295. The van der Waals surface area contributed by atoms with Gasteiger partial charge in [-0.1, -0.05) is 11.6 Å². The molecule has 0 saturated heterocycles. The molecule has 3 rings (SSSR count). The summed E-state index contributed by atoms with van der Waals surface area (Å²) in [7, 11) is 0. The zero-order chi connectivity index (χ0) is 20.1. The lowest BCUT2D eigenvalue weighted by Gasteiger charge is -2.18. The van der Waals surface area contributed by atoms with Crippen molar-refractivity contribution in [2.24, 2.45) is 0 Å². The third-order valence-electron chi connectivity index (χ3n) is 4.33. The third-order valence-corrected chi connectivity index (χ3v) is 4.61.